The van der Waals surface area contributed by atoms with Gasteiger partial charge in [0.1, 0.15) is 5.75 Å². The topological polar surface area (TPSA) is 32.3 Å². The molecule has 0 spiro atoms. The molecule has 0 radical (unpaired) electrons. The number of hydrogen-bond acceptors (Lipinski definition) is 2. The van der Waals surface area contributed by atoms with Gasteiger partial charge in [-0.3, -0.25) is 0 Å². The van der Waals surface area contributed by atoms with Crippen LogP contribution in [0.4, 0.5) is 5.69 Å². The summed E-state index contributed by atoms with van der Waals surface area (Å²) < 4.78 is 1.02. The summed E-state index contributed by atoms with van der Waals surface area (Å²) in [4.78, 5) is 0. The quantitative estimate of drug-likeness (QED) is 0.541. The molecule has 2 aromatic rings. The van der Waals surface area contributed by atoms with Crippen molar-refractivity contribution in [1.29, 1.82) is 0 Å². The highest BCUT2D eigenvalue weighted by Gasteiger charge is 2.39. The minimum atomic E-state index is -0.0441. The van der Waals surface area contributed by atoms with E-state index in [1.165, 1.54) is 5.56 Å². The molecule has 3 atom stereocenters. The highest BCUT2D eigenvalue weighted by Crippen LogP contribution is 2.53. The SMILES string of the molecule is Oc1c(Cl)cc(Cl)cc1C1Nc2c(Br)cccc2C2C=CCC21. The average Bonchev–Trinajstić information content (AvgIpc) is 3.00. The van der Waals surface area contributed by atoms with E-state index >= 15 is 0 Å². The molecule has 2 aliphatic rings. The van der Waals surface area contributed by atoms with Crippen molar-refractivity contribution in [3.8, 4) is 5.75 Å². The fourth-order valence-corrected chi connectivity index (χ4v) is 4.72. The van der Waals surface area contributed by atoms with Crippen LogP contribution in [0.3, 0.4) is 0 Å². The van der Waals surface area contributed by atoms with E-state index in [0.717, 1.165) is 22.1 Å². The maximum atomic E-state index is 10.4. The number of anilines is 1. The largest absolute Gasteiger partial charge is 0.506 e. The summed E-state index contributed by atoms with van der Waals surface area (Å²) in [6, 6.07) is 9.56. The predicted octanol–water partition coefficient (Wildman–Crippen LogP) is 6.29. The van der Waals surface area contributed by atoms with E-state index in [0.29, 0.717) is 16.9 Å². The van der Waals surface area contributed by atoms with Gasteiger partial charge in [0.2, 0.25) is 0 Å². The lowest BCUT2D eigenvalue weighted by atomic mass is 9.77. The minimum absolute atomic E-state index is 0.0441. The number of aromatic hydroxyl groups is 1. The van der Waals surface area contributed by atoms with Gasteiger partial charge in [-0.1, -0.05) is 47.5 Å². The van der Waals surface area contributed by atoms with E-state index in [1.807, 2.05) is 6.07 Å². The summed E-state index contributed by atoms with van der Waals surface area (Å²) in [7, 11) is 0. The van der Waals surface area contributed by atoms with Crippen LogP contribution in [0.15, 0.2) is 47.0 Å². The van der Waals surface area contributed by atoms with Gasteiger partial charge in [-0.25, -0.2) is 0 Å². The van der Waals surface area contributed by atoms with E-state index < -0.39 is 0 Å². The highest BCUT2D eigenvalue weighted by atomic mass is 79.9. The maximum absolute atomic E-state index is 10.4. The predicted molar refractivity (Wildman–Crippen MR) is 98.6 cm³/mol. The van der Waals surface area contributed by atoms with Gasteiger partial charge in [0, 0.05) is 21.0 Å². The van der Waals surface area contributed by atoms with Gasteiger partial charge in [0.25, 0.3) is 0 Å². The molecule has 2 nitrogen and oxygen atoms in total. The molecule has 118 valence electrons. The number of fused-ring (bicyclic) bond motifs is 3. The van der Waals surface area contributed by atoms with Gasteiger partial charge in [0.05, 0.1) is 16.8 Å². The Labute approximate surface area is 153 Å². The molecule has 1 aliphatic heterocycles. The minimum Gasteiger partial charge on any atom is -0.506 e. The third kappa shape index (κ3) is 2.46. The number of benzene rings is 2. The summed E-state index contributed by atoms with van der Waals surface area (Å²) >= 11 is 15.9. The molecule has 2 aromatic carbocycles. The zero-order valence-electron chi connectivity index (χ0n) is 12.1. The monoisotopic (exact) mass is 409 g/mol. The number of phenols is 1. The van der Waals surface area contributed by atoms with Crippen molar-refractivity contribution in [1.82, 2.24) is 0 Å². The van der Waals surface area contributed by atoms with Crippen molar-refractivity contribution < 1.29 is 5.11 Å². The summed E-state index contributed by atoms with van der Waals surface area (Å²) in [5.74, 6) is 0.762. The van der Waals surface area contributed by atoms with Crippen LogP contribution < -0.4 is 5.32 Å². The smallest absolute Gasteiger partial charge is 0.139 e. The van der Waals surface area contributed by atoms with Crippen molar-refractivity contribution in [2.45, 2.75) is 18.4 Å². The molecule has 0 saturated carbocycles. The number of allylic oxidation sites excluding steroid dienone is 2. The normalized spacial score (nSPS) is 24.9. The molecule has 0 aromatic heterocycles. The lowest BCUT2D eigenvalue weighted by molar-refractivity contribution is 0.402. The molecule has 0 bridgehead atoms. The van der Waals surface area contributed by atoms with E-state index in [2.05, 4.69) is 45.5 Å². The molecule has 0 saturated heterocycles. The zero-order valence-corrected chi connectivity index (χ0v) is 15.2. The lowest BCUT2D eigenvalue weighted by Gasteiger charge is -2.38. The van der Waals surface area contributed by atoms with Crippen LogP contribution in [-0.4, -0.2) is 5.11 Å². The van der Waals surface area contributed by atoms with E-state index in [-0.39, 0.29) is 16.8 Å². The maximum Gasteiger partial charge on any atom is 0.139 e. The highest BCUT2D eigenvalue weighted by molar-refractivity contribution is 9.10. The van der Waals surface area contributed by atoms with Crippen LogP contribution in [0.1, 0.15) is 29.5 Å². The summed E-state index contributed by atoms with van der Waals surface area (Å²) in [6.45, 7) is 0. The van der Waals surface area contributed by atoms with E-state index in [9.17, 15) is 5.11 Å². The van der Waals surface area contributed by atoms with Crippen LogP contribution >= 0.6 is 39.1 Å². The molecule has 5 heteroatoms. The second-order valence-corrected chi connectivity index (χ2v) is 7.70. The molecule has 0 fully saturated rings. The van der Waals surface area contributed by atoms with Crippen molar-refractivity contribution in [3.05, 3.63) is 68.1 Å². The molecular weight excluding hydrogens is 397 g/mol. The van der Waals surface area contributed by atoms with E-state index in [1.54, 1.807) is 12.1 Å². The number of nitrogens with one attached hydrogen (secondary N) is 1. The van der Waals surface area contributed by atoms with Crippen molar-refractivity contribution in [2.75, 3.05) is 5.32 Å². The first-order valence-electron chi connectivity index (χ1n) is 7.46. The van der Waals surface area contributed by atoms with Gasteiger partial charge in [-0.05, 0) is 52.0 Å². The van der Waals surface area contributed by atoms with Crippen LogP contribution in [0.25, 0.3) is 0 Å². The van der Waals surface area contributed by atoms with Crippen molar-refractivity contribution >= 4 is 44.8 Å². The Morgan fingerprint density at radius 1 is 1.17 bits per heavy atom. The first-order chi connectivity index (χ1) is 11.1. The molecular formula is C18H14BrCl2NO. The third-order valence-electron chi connectivity index (χ3n) is 4.74. The lowest BCUT2D eigenvalue weighted by Crippen LogP contribution is -2.29. The second kappa shape index (κ2) is 5.73. The Balaban J connectivity index is 1.87. The van der Waals surface area contributed by atoms with Gasteiger partial charge >= 0.3 is 0 Å². The fraction of sp³-hybridized carbons (Fsp3) is 0.222. The first kappa shape index (κ1) is 15.4. The van der Waals surface area contributed by atoms with Crippen molar-refractivity contribution in [3.63, 3.8) is 0 Å². The standard InChI is InChI=1S/C18H14BrCl2NO/c19-14-6-2-5-12-10-3-1-4-11(10)16(22-17(12)14)13-7-9(20)8-15(21)18(13)23/h1-3,5-8,10-11,16,22-23H,4H2. The van der Waals surface area contributed by atoms with E-state index in [4.69, 9.17) is 23.2 Å². The third-order valence-corrected chi connectivity index (χ3v) is 5.91. The summed E-state index contributed by atoms with van der Waals surface area (Å²) in [5.41, 5.74) is 3.10. The molecule has 1 aliphatic carbocycles. The number of hydrogen-bond donors (Lipinski definition) is 2. The zero-order chi connectivity index (χ0) is 16.1. The average molecular weight is 411 g/mol. The number of rotatable bonds is 1. The fourth-order valence-electron chi connectivity index (χ4n) is 3.71. The molecule has 1 heterocycles. The van der Waals surface area contributed by atoms with Crippen LogP contribution in [0, 0.1) is 5.92 Å². The Morgan fingerprint density at radius 3 is 2.83 bits per heavy atom. The molecule has 0 amide bonds. The summed E-state index contributed by atoms with van der Waals surface area (Å²) in [5, 5.41) is 14.9. The summed E-state index contributed by atoms with van der Waals surface area (Å²) in [6.07, 6.45) is 5.42. The Morgan fingerprint density at radius 2 is 2.00 bits per heavy atom. The Bertz CT molecular complexity index is 821. The van der Waals surface area contributed by atoms with Crippen LogP contribution in [0.5, 0.6) is 5.75 Å². The molecule has 2 N–H and O–H groups in total. The molecule has 4 rings (SSSR count). The van der Waals surface area contributed by atoms with Crippen molar-refractivity contribution in [2.24, 2.45) is 5.92 Å². The Kier molecular flexibility index (Phi) is 3.83. The number of phenolic OH excluding ortho intramolecular Hbond substituents is 1. The molecule has 3 unspecified atom stereocenters. The number of halogens is 3. The first-order valence-corrected chi connectivity index (χ1v) is 9.00. The van der Waals surface area contributed by atoms with Gasteiger partial charge in [-0.15, -0.1) is 0 Å². The van der Waals surface area contributed by atoms with Gasteiger partial charge < -0.3 is 10.4 Å². The number of para-hydroxylation sites is 1. The Hall–Kier alpha value is -1.16. The van der Waals surface area contributed by atoms with Crippen LogP contribution in [0.2, 0.25) is 10.0 Å². The molecule has 23 heavy (non-hydrogen) atoms. The second-order valence-electron chi connectivity index (χ2n) is 6.01. The van der Waals surface area contributed by atoms with Gasteiger partial charge in [-0.2, -0.15) is 0 Å². The van der Waals surface area contributed by atoms with Gasteiger partial charge in [0.15, 0.2) is 0 Å². The van der Waals surface area contributed by atoms with Crippen LogP contribution in [-0.2, 0) is 0 Å².